The van der Waals surface area contributed by atoms with Gasteiger partial charge in [-0.05, 0) is 0 Å². The number of carbonyl (C=O) groups is 3. The number of nitrogens with two attached hydrogens (primary N) is 1. The van der Waals surface area contributed by atoms with Crippen molar-refractivity contribution >= 4 is 17.7 Å². The van der Waals surface area contributed by atoms with Crippen molar-refractivity contribution in [1.82, 2.24) is 15.1 Å². The summed E-state index contributed by atoms with van der Waals surface area (Å²) in [4.78, 5) is 38.0. The lowest BCUT2D eigenvalue weighted by atomic mass is 10.1. The molecule has 1 aliphatic rings. The Morgan fingerprint density at radius 3 is 2.11 bits per heavy atom. The Hall–Kier alpha value is -1.63. The van der Waals surface area contributed by atoms with Gasteiger partial charge in [0.15, 0.2) is 0 Å². The second-order valence-electron chi connectivity index (χ2n) is 4.84. The third-order valence-electron chi connectivity index (χ3n) is 3.06. The molecule has 0 unspecified atom stereocenters. The molecule has 1 rings (SSSR count). The molecule has 3 N–H and O–H groups in total. The first kappa shape index (κ1) is 15.4. The Kier molecular flexibility index (Phi) is 5.75. The van der Waals surface area contributed by atoms with Crippen LogP contribution in [0.1, 0.15) is 13.8 Å². The van der Waals surface area contributed by atoms with Crippen LogP contribution in [0, 0.1) is 5.92 Å². The van der Waals surface area contributed by atoms with E-state index < -0.39 is 0 Å². The molecule has 1 aliphatic heterocycles. The highest BCUT2D eigenvalue weighted by Crippen LogP contribution is 2.07. The van der Waals surface area contributed by atoms with Crippen LogP contribution in [-0.2, 0) is 14.4 Å². The largest absolute Gasteiger partial charge is 0.346 e. The van der Waals surface area contributed by atoms with Gasteiger partial charge in [0.05, 0.1) is 13.1 Å². The lowest BCUT2D eigenvalue weighted by Gasteiger charge is -2.35. The van der Waals surface area contributed by atoms with Crippen LogP contribution in [-0.4, -0.2) is 66.8 Å². The van der Waals surface area contributed by atoms with Gasteiger partial charge in [-0.1, -0.05) is 13.8 Å². The molecule has 0 aromatic carbocycles. The highest BCUT2D eigenvalue weighted by atomic mass is 16.2. The first-order valence-electron chi connectivity index (χ1n) is 6.49. The topological polar surface area (TPSA) is 95.7 Å². The SMILES string of the molecule is CC(C)C(=O)N1CCN(C(=O)CNC(=O)CN)CC1. The van der Waals surface area contributed by atoms with Crippen molar-refractivity contribution < 1.29 is 14.4 Å². The molecule has 0 aromatic heterocycles. The minimum Gasteiger partial charge on any atom is -0.346 e. The van der Waals surface area contributed by atoms with E-state index in [1.807, 2.05) is 13.8 Å². The molecule has 0 spiro atoms. The van der Waals surface area contributed by atoms with Crippen molar-refractivity contribution in [2.45, 2.75) is 13.8 Å². The number of hydrogen-bond donors (Lipinski definition) is 2. The van der Waals surface area contributed by atoms with Gasteiger partial charge in [0.1, 0.15) is 0 Å². The number of nitrogens with one attached hydrogen (secondary N) is 1. The Morgan fingerprint density at radius 1 is 1.11 bits per heavy atom. The maximum absolute atomic E-state index is 11.8. The molecule has 7 heteroatoms. The second kappa shape index (κ2) is 7.08. The molecule has 0 bridgehead atoms. The predicted octanol–water partition coefficient (Wildman–Crippen LogP) is -1.61. The number of nitrogens with zero attached hydrogens (tertiary/aromatic N) is 2. The van der Waals surface area contributed by atoms with Crippen LogP contribution in [0.2, 0.25) is 0 Å². The normalized spacial score (nSPS) is 15.6. The number of rotatable bonds is 4. The Balaban J connectivity index is 2.35. The molecule has 0 aliphatic carbocycles. The fourth-order valence-corrected chi connectivity index (χ4v) is 1.90. The minimum atomic E-state index is -0.345. The summed E-state index contributed by atoms with van der Waals surface area (Å²) in [5.74, 6) is -0.393. The Bertz CT molecular complexity index is 349. The fourth-order valence-electron chi connectivity index (χ4n) is 1.90. The molecule has 0 aromatic rings. The lowest BCUT2D eigenvalue weighted by Crippen LogP contribution is -2.53. The summed E-state index contributed by atoms with van der Waals surface area (Å²) in [5, 5.41) is 2.45. The molecule has 108 valence electrons. The molecule has 0 saturated carbocycles. The Labute approximate surface area is 113 Å². The summed E-state index contributed by atoms with van der Waals surface area (Å²) in [6, 6.07) is 0. The molecule has 3 amide bonds. The third-order valence-corrected chi connectivity index (χ3v) is 3.06. The molecule has 0 atom stereocenters. The lowest BCUT2D eigenvalue weighted by molar-refractivity contribution is -0.141. The van der Waals surface area contributed by atoms with Gasteiger partial charge in [-0.25, -0.2) is 0 Å². The van der Waals surface area contributed by atoms with Crippen LogP contribution in [0.5, 0.6) is 0 Å². The maximum Gasteiger partial charge on any atom is 0.242 e. The van der Waals surface area contributed by atoms with E-state index in [0.717, 1.165) is 0 Å². The number of amides is 3. The molecular weight excluding hydrogens is 248 g/mol. The second-order valence-corrected chi connectivity index (χ2v) is 4.84. The quantitative estimate of drug-likeness (QED) is 0.642. The number of carbonyl (C=O) groups excluding carboxylic acids is 3. The zero-order chi connectivity index (χ0) is 14.4. The molecule has 1 fully saturated rings. The van der Waals surface area contributed by atoms with Crippen molar-refractivity contribution in [3.63, 3.8) is 0 Å². The van der Waals surface area contributed by atoms with Crippen LogP contribution in [0.3, 0.4) is 0 Å². The highest BCUT2D eigenvalue weighted by Gasteiger charge is 2.25. The molecule has 19 heavy (non-hydrogen) atoms. The van der Waals surface area contributed by atoms with Gasteiger partial charge < -0.3 is 20.9 Å². The average Bonchev–Trinajstić information content (AvgIpc) is 2.43. The highest BCUT2D eigenvalue weighted by molar-refractivity contribution is 5.85. The summed E-state index contributed by atoms with van der Waals surface area (Å²) in [6.45, 7) is 5.69. The summed E-state index contributed by atoms with van der Waals surface area (Å²) >= 11 is 0. The predicted molar refractivity (Wildman–Crippen MR) is 70.1 cm³/mol. The van der Waals surface area contributed by atoms with E-state index in [0.29, 0.717) is 26.2 Å². The average molecular weight is 270 g/mol. The standard InChI is InChI=1S/C12H22N4O3/c1-9(2)12(19)16-5-3-15(4-6-16)11(18)8-14-10(17)7-13/h9H,3-8,13H2,1-2H3,(H,14,17). The van der Waals surface area contributed by atoms with Crippen molar-refractivity contribution in [1.29, 1.82) is 0 Å². The van der Waals surface area contributed by atoms with Gasteiger partial charge in [0.25, 0.3) is 0 Å². The van der Waals surface area contributed by atoms with Crippen LogP contribution in [0.25, 0.3) is 0 Å². The first-order valence-corrected chi connectivity index (χ1v) is 6.49. The molecule has 7 nitrogen and oxygen atoms in total. The monoisotopic (exact) mass is 270 g/mol. The van der Waals surface area contributed by atoms with Gasteiger partial charge in [0, 0.05) is 32.1 Å². The zero-order valence-electron chi connectivity index (χ0n) is 11.5. The maximum atomic E-state index is 11.8. The van der Waals surface area contributed by atoms with E-state index in [9.17, 15) is 14.4 Å². The van der Waals surface area contributed by atoms with Gasteiger partial charge in [-0.3, -0.25) is 14.4 Å². The fraction of sp³-hybridized carbons (Fsp3) is 0.750. The van der Waals surface area contributed by atoms with Crippen molar-refractivity contribution in [3.05, 3.63) is 0 Å². The van der Waals surface area contributed by atoms with Crippen molar-refractivity contribution in [2.24, 2.45) is 11.7 Å². The van der Waals surface area contributed by atoms with Gasteiger partial charge in [0.2, 0.25) is 17.7 Å². The van der Waals surface area contributed by atoms with Crippen LogP contribution < -0.4 is 11.1 Å². The zero-order valence-corrected chi connectivity index (χ0v) is 11.5. The van der Waals surface area contributed by atoms with E-state index in [-0.39, 0.29) is 36.7 Å². The van der Waals surface area contributed by atoms with Crippen LogP contribution >= 0.6 is 0 Å². The van der Waals surface area contributed by atoms with Gasteiger partial charge in [-0.15, -0.1) is 0 Å². The van der Waals surface area contributed by atoms with Crippen LogP contribution in [0.4, 0.5) is 0 Å². The number of piperazine rings is 1. The van der Waals surface area contributed by atoms with Gasteiger partial charge >= 0.3 is 0 Å². The Morgan fingerprint density at radius 2 is 1.63 bits per heavy atom. The molecule has 1 heterocycles. The van der Waals surface area contributed by atoms with E-state index in [4.69, 9.17) is 5.73 Å². The smallest absolute Gasteiger partial charge is 0.242 e. The van der Waals surface area contributed by atoms with Crippen LogP contribution in [0.15, 0.2) is 0 Å². The van der Waals surface area contributed by atoms with Crippen molar-refractivity contribution in [2.75, 3.05) is 39.3 Å². The van der Waals surface area contributed by atoms with Gasteiger partial charge in [-0.2, -0.15) is 0 Å². The minimum absolute atomic E-state index is 0.0221. The molecule has 1 saturated heterocycles. The first-order chi connectivity index (χ1) is 8.95. The third kappa shape index (κ3) is 4.51. The summed E-state index contributed by atoms with van der Waals surface area (Å²) in [5.41, 5.74) is 5.14. The van der Waals surface area contributed by atoms with E-state index in [1.54, 1.807) is 9.80 Å². The summed E-state index contributed by atoms with van der Waals surface area (Å²) in [7, 11) is 0. The molecular formula is C12H22N4O3. The number of hydrogen-bond acceptors (Lipinski definition) is 4. The van der Waals surface area contributed by atoms with E-state index >= 15 is 0 Å². The van der Waals surface area contributed by atoms with E-state index in [2.05, 4.69) is 5.32 Å². The van der Waals surface area contributed by atoms with E-state index in [1.165, 1.54) is 0 Å². The van der Waals surface area contributed by atoms with Crippen molar-refractivity contribution in [3.8, 4) is 0 Å². The molecule has 0 radical (unpaired) electrons. The summed E-state index contributed by atoms with van der Waals surface area (Å²) < 4.78 is 0. The summed E-state index contributed by atoms with van der Waals surface area (Å²) in [6.07, 6.45) is 0.